The van der Waals surface area contributed by atoms with E-state index in [-0.39, 0.29) is 0 Å². The molecule has 0 saturated carbocycles. The lowest BCUT2D eigenvalue weighted by molar-refractivity contribution is 0.165. The van der Waals surface area contributed by atoms with Crippen molar-refractivity contribution >= 4 is 6.21 Å². The van der Waals surface area contributed by atoms with Gasteiger partial charge in [-0.1, -0.05) is 6.08 Å². The van der Waals surface area contributed by atoms with Gasteiger partial charge in [-0.15, -0.1) is 0 Å². The second-order valence-electron chi connectivity index (χ2n) is 3.58. The van der Waals surface area contributed by atoms with E-state index in [0.29, 0.717) is 6.04 Å². The first-order valence-electron chi connectivity index (χ1n) is 4.49. The van der Waals surface area contributed by atoms with Crippen LogP contribution in [0.2, 0.25) is 0 Å². The summed E-state index contributed by atoms with van der Waals surface area (Å²) < 4.78 is 0. The quantitative estimate of drug-likeness (QED) is 0.586. The maximum atomic E-state index is 5.68. The normalized spacial score (nSPS) is 25.2. The molecule has 0 radical (unpaired) electrons. The van der Waals surface area contributed by atoms with Gasteiger partial charge in [0.05, 0.1) is 6.54 Å². The molecule has 2 aliphatic rings. The summed E-state index contributed by atoms with van der Waals surface area (Å²) in [5.41, 5.74) is 7.13. The molecule has 1 saturated heterocycles. The number of aliphatic imine (C=N–C) groups is 1. The third-order valence-corrected chi connectivity index (χ3v) is 2.35. The summed E-state index contributed by atoms with van der Waals surface area (Å²) in [7, 11) is 0. The molecule has 3 nitrogen and oxygen atoms in total. The van der Waals surface area contributed by atoms with Gasteiger partial charge in [0.2, 0.25) is 0 Å². The lowest BCUT2D eigenvalue weighted by Crippen LogP contribution is -2.56. The van der Waals surface area contributed by atoms with Crippen LogP contribution in [0, 0.1) is 0 Å². The Hall–Kier alpha value is -0.670. The molecule has 0 aliphatic carbocycles. The van der Waals surface area contributed by atoms with Gasteiger partial charge in [0.15, 0.2) is 0 Å². The highest BCUT2D eigenvalue weighted by Gasteiger charge is 2.23. The highest BCUT2D eigenvalue weighted by molar-refractivity contribution is 5.61. The summed E-state index contributed by atoms with van der Waals surface area (Å²) in [5, 5.41) is 0. The Bertz CT molecular complexity index is 214. The summed E-state index contributed by atoms with van der Waals surface area (Å²) in [6.45, 7) is 4.08. The minimum Gasteiger partial charge on any atom is -0.325 e. The summed E-state index contributed by atoms with van der Waals surface area (Å²) in [6.07, 6.45) is 5.26. The zero-order chi connectivity index (χ0) is 8.39. The third-order valence-electron chi connectivity index (χ3n) is 2.35. The summed E-state index contributed by atoms with van der Waals surface area (Å²) in [4.78, 5) is 6.61. The van der Waals surface area contributed by atoms with Crippen LogP contribution >= 0.6 is 0 Å². The van der Waals surface area contributed by atoms with Crippen LogP contribution in [0.15, 0.2) is 16.6 Å². The Morgan fingerprint density at radius 1 is 1.58 bits per heavy atom. The molecule has 1 fully saturated rings. The Balaban J connectivity index is 1.76. The molecule has 2 heterocycles. The average Bonchev–Trinajstić information content (AvgIpc) is 2.04. The fraction of sp³-hybridized carbons (Fsp3) is 0.667. The first-order valence-corrected chi connectivity index (χ1v) is 4.49. The van der Waals surface area contributed by atoms with Crippen molar-refractivity contribution in [3.8, 4) is 0 Å². The molecule has 0 amide bonds. The van der Waals surface area contributed by atoms with Crippen LogP contribution in [0.4, 0.5) is 0 Å². The molecule has 0 unspecified atom stereocenters. The van der Waals surface area contributed by atoms with E-state index in [1.165, 1.54) is 5.57 Å². The van der Waals surface area contributed by atoms with Crippen LogP contribution < -0.4 is 5.73 Å². The van der Waals surface area contributed by atoms with Crippen LogP contribution in [0.3, 0.4) is 0 Å². The Morgan fingerprint density at radius 3 is 3.00 bits per heavy atom. The fourth-order valence-corrected chi connectivity index (χ4v) is 1.68. The highest BCUT2D eigenvalue weighted by atomic mass is 15.2. The predicted octanol–water partition coefficient (Wildman–Crippen LogP) is 0.0302. The molecule has 12 heavy (non-hydrogen) atoms. The Labute approximate surface area is 73.0 Å². The Kier molecular flexibility index (Phi) is 2.23. The van der Waals surface area contributed by atoms with Crippen LogP contribution in [0.25, 0.3) is 0 Å². The van der Waals surface area contributed by atoms with Crippen molar-refractivity contribution in [2.24, 2.45) is 10.7 Å². The van der Waals surface area contributed by atoms with Gasteiger partial charge in [-0.25, -0.2) is 0 Å². The minimum absolute atomic E-state index is 0.415. The van der Waals surface area contributed by atoms with Crippen molar-refractivity contribution in [3.05, 3.63) is 11.6 Å². The van der Waals surface area contributed by atoms with Gasteiger partial charge in [-0.05, 0) is 5.57 Å². The number of rotatable bonds is 2. The first kappa shape index (κ1) is 7.95. The van der Waals surface area contributed by atoms with Crippen molar-refractivity contribution in [3.63, 3.8) is 0 Å². The van der Waals surface area contributed by atoms with Crippen LogP contribution in [-0.4, -0.2) is 43.3 Å². The van der Waals surface area contributed by atoms with Gasteiger partial charge >= 0.3 is 0 Å². The molecule has 0 spiro atoms. The average molecular weight is 165 g/mol. The van der Waals surface area contributed by atoms with Crippen LogP contribution in [-0.2, 0) is 0 Å². The van der Waals surface area contributed by atoms with E-state index in [9.17, 15) is 0 Å². The maximum absolute atomic E-state index is 5.68. The van der Waals surface area contributed by atoms with Gasteiger partial charge in [0, 0.05) is 38.3 Å². The molecule has 0 atom stereocenters. The van der Waals surface area contributed by atoms with E-state index in [1.807, 2.05) is 6.21 Å². The van der Waals surface area contributed by atoms with Crippen molar-refractivity contribution in [2.75, 3.05) is 26.2 Å². The van der Waals surface area contributed by atoms with Gasteiger partial charge in [0.1, 0.15) is 0 Å². The SMILES string of the molecule is NC1CN(CC2=CCC=NC2)C1. The number of hydrogen-bond donors (Lipinski definition) is 1. The van der Waals surface area contributed by atoms with Gasteiger partial charge < -0.3 is 5.73 Å². The number of dihydropyridines is 1. The smallest absolute Gasteiger partial charge is 0.0608 e. The van der Waals surface area contributed by atoms with Gasteiger partial charge in [-0.3, -0.25) is 9.89 Å². The molecule has 0 aromatic rings. The number of nitrogens with zero attached hydrogens (tertiary/aromatic N) is 2. The molecule has 2 aliphatic heterocycles. The van der Waals surface area contributed by atoms with Crippen molar-refractivity contribution in [1.82, 2.24) is 4.90 Å². The fourth-order valence-electron chi connectivity index (χ4n) is 1.68. The highest BCUT2D eigenvalue weighted by Crippen LogP contribution is 2.10. The van der Waals surface area contributed by atoms with E-state index >= 15 is 0 Å². The number of nitrogens with two attached hydrogens (primary N) is 1. The maximum Gasteiger partial charge on any atom is 0.0608 e. The molecule has 0 bridgehead atoms. The third kappa shape index (κ3) is 1.73. The lowest BCUT2D eigenvalue weighted by Gasteiger charge is -2.37. The number of allylic oxidation sites excluding steroid dienone is 1. The molecular formula is C9H15N3. The number of likely N-dealkylation sites (tertiary alicyclic amines) is 1. The second-order valence-corrected chi connectivity index (χ2v) is 3.58. The van der Waals surface area contributed by atoms with Crippen molar-refractivity contribution in [1.29, 1.82) is 0 Å². The molecule has 3 heteroatoms. The van der Waals surface area contributed by atoms with Gasteiger partial charge in [0.25, 0.3) is 0 Å². The summed E-state index contributed by atoms with van der Waals surface area (Å²) in [6, 6.07) is 0.415. The molecule has 66 valence electrons. The minimum atomic E-state index is 0.415. The van der Waals surface area contributed by atoms with E-state index in [0.717, 1.165) is 32.6 Å². The molecule has 0 aromatic carbocycles. The molecule has 2 N–H and O–H groups in total. The van der Waals surface area contributed by atoms with Crippen LogP contribution in [0.5, 0.6) is 0 Å². The zero-order valence-electron chi connectivity index (χ0n) is 7.24. The van der Waals surface area contributed by atoms with E-state index in [1.54, 1.807) is 0 Å². The zero-order valence-corrected chi connectivity index (χ0v) is 7.24. The molecular weight excluding hydrogens is 150 g/mol. The summed E-state index contributed by atoms with van der Waals surface area (Å²) in [5.74, 6) is 0. The standard InChI is InChI=1S/C9H15N3/c10-9-6-12(7-9)5-8-2-1-3-11-4-8/h2-3,9H,1,4-7,10H2. The first-order chi connectivity index (χ1) is 5.84. The summed E-state index contributed by atoms with van der Waals surface area (Å²) >= 11 is 0. The molecule has 0 aromatic heterocycles. The van der Waals surface area contributed by atoms with E-state index < -0.39 is 0 Å². The lowest BCUT2D eigenvalue weighted by atomic mass is 10.1. The van der Waals surface area contributed by atoms with Crippen molar-refractivity contribution in [2.45, 2.75) is 12.5 Å². The second kappa shape index (κ2) is 3.37. The Morgan fingerprint density at radius 2 is 2.42 bits per heavy atom. The van der Waals surface area contributed by atoms with Crippen molar-refractivity contribution < 1.29 is 0 Å². The topological polar surface area (TPSA) is 41.6 Å². The van der Waals surface area contributed by atoms with E-state index in [2.05, 4.69) is 16.0 Å². The molecule has 2 rings (SSSR count). The monoisotopic (exact) mass is 165 g/mol. The number of hydrogen-bond acceptors (Lipinski definition) is 3. The van der Waals surface area contributed by atoms with Gasteiger partial charge in [-0.2, -0.15) is 0 Å². The van der Waals surface area contributed by atoms with Crippen LogP contribution in [0.1, 0.15) is 6.42 Å². The largest absolute Gasteiger partial charge is 0.325 e. The predicted molar refractivity (Wildman–Crippen MR) is 50.5 cm³/mol. The van der Waals surface area contributed by atoms with E-state index in [4.69, 9.17) is 5.73 Å².